The van der Waals surface area contributed by atoms with Crippen molar-refractivity contribution in [2.75, 3.05) is 0 Å². The van der Waals surface area contributed by atoms with Crippen LogP contribution in [-0.2, 0) is 14.8 Å². The summed E-state index contributed by atoms with van der Waals surface area (Å²) in [6.45, 7) is 0. The Labute approximate surface area is 50.0 Å². The van der Waals surface area contributed by atoms with Crippen molar-refractivity contribution >= 4 is 12.4 Å². The molecule has 0 atom stereocenters. The van der Waals surface area contributed by atoms with Gasteiger partial charge in [-0.3, -0.25) is 0 Å². The van der Waals surface area contributed by atoms with Crippen LogP contribution in [0.1, 0.15) is 0 Å². The summed E-state index contributed by atoms with van der Waals surface area (Å²) in [6.07, 6.45) is 0. The first-order chi connectivity index (χ1) is 2.24. The predicted molar refractivity (Wildman–Crippen MR) is 28.2 cm³/mol. The fourth-order valence-corrected chi connectivity index (χ4v) is 0. The Balaban J connectivity index is 0. The summed E-state index contributed by atoms with van der Waals surface area (Å²) in [6, 6.07) is 0. The van der Waals surface area contributed by atoms with E-state index in [0.717, 1.165) is 0 Å². The third kappa shape index (κ3) is 293. The van der Waals surface area contributed by atoms with E-state index < -0.39 is 14.8 Å². The van der Waals surface area contributed by atoms with Crippen LogP contribution in [0.3, 0.4) is 0 Å². The Bertz CT molecular complexity index is 41.3. The van der Waals surface area contributed by atoms with Crippen LogP contribution in [-0.4, -0.2) is 0 Å². The molecule has 0 bridgehead atoms. The fourth-order valence-electron chi connectivity index (χ4n) is 0. The molecule has 0 radical (unpaired) electrons. The van der Waals surface area contributed by atoms with Crippen LogP contribution in [0.4, 0.5) is 0 Å². The number of halogens is 1. The van der Waals surface area contributed by atoms with E-state index in [1.165, 1.54) is 0 Å². The van der Waals surface area contributed by atoms with Gasteiger partial charge in [0.2, 0.25) is 0 Å². The van der Waals surface area contributed by atoms with E-state index in [-0.39, 0.29) is 12.4 Å². The average Bonchev–Trinajstić information content (AvgIpc) is 0.650. The van der Waals surface area contributed by atoms with Gasteiger partial charge in [-0.15, -0.1) is 12.4 Å². The molecule has 0 heterocycles. The Hall–Kier alpha value is 0.713. The zero-order valence-corrected chi connectivity index (χ0v) is 6.08. The summed E-state index contributed by atoms with van der Waals surface area (Å²) >= 11 is -3.90. The first-order valence-electron chi connectivity index (χ1n) is 0.962. The molecule has 7 heteroatoms. The Morgan fingerprint density at radius 2 is 0.714 bits per heavy atom. The molecular weight excluding hydrogens is 208 g/mol. The first kappa shape index (κ1) is 10.6. The quantitative estimate of drug-likeness (QED) is 0.287. The van der Waals surface area contributed by atoms with Gasteiger partial charge in [0.1, 0.15) is 0 Å². The predicted octanol–water partition coefficient (Wildman–Crippen LogP) is -2.53. The maximum absolute atomic E-state index is 4.88. The Morgan fingerprint density at radius 1 is 0.714 bits per heavy atom. The summed E-state index contributed by atoms with van der Waals surface area (Å²) in [7, 11) is 0. The van der Waals surface area contributed by atoms with Gasteiger partial charge < -0.3 is 0 Å². The van der Waals surface area contributed by atoms with E-state index in [2.05, 4.69) is 0 Å². The molecule has 0 saturated carbocycles. The van der Waals surface area contributed by atoms with Gasteiger partial charge in [0.05, 0.1) is 0 Å². The molecule has 7 heavy (non-hydrogen) atoms. The van der Waals surface area contributed by atoms with E-state index in [0.29, 0.717) is 0 Å². The van der Waals surface area contributed by atoms with Crippen LogP contribution < -0.4 is 22.4 Å². The molecular formula is H11ClN5Rh. The van der Waals surface area contributed by atoms with Crippen molar-refractivity contribution in [2.24, 2.45) is 22.4 Å². The van der Waals surface area contributed by atoms with Crippen molar-refractivity contribution in [2.45, 2.75) is 0 Å². The number of hydrogen-bond donors (Lipinski definition) is 5. The monoisotopic (exact) mass is 219 g/mol. The van der Waals surface area contributed by atoms with E-state index in [9.17, 15) is 0 Å². The average molecular weight is 219 g/mol. The molecule has 52 valence electrons. The van der Waals surface area contributed by atoms with Crippen molar-refractivity contribution in [3.8, 4) is 0 Å². The molecule has 0 aromatic rings. The van der Waals surface area contributed by atoms with Crippen LogP contribution in [0.2, 0.25) is 0 Å². The SMILES string of the molecule is Cl.[NH2][Rh]([NH2])([NH2])([NH2])[NH2]. The van der Waals surface area contributed by atoms with Gasteiger partial charge in [-0.05, 0) is 0 Å². The van der Waals surface area contributed by atoms with Crippen LogP contribution in [0, 0.1) is 0 Å². The summed E-state index contributed by atoms with van der Waals surface area (Å²) in [5, 5.41) is 0. The van der Waals surface area contributed by atoms with Crippen molar-refractivity contribution in [3.05, 3.63) is 0 Å². The number of nitrogens with two attached hydrogens (primary N) is 5. The zero-order valence-electron chi connectivity index (χ0n) is 3.63. The molecule has 0 rings (SSSR count). The Kier molecular flexibility index (Phi) is 2.90. The standard InChI is InChI=1S/ClH.5H2N.Rh/h1H;5*1H2;/q;5*-1;+5. The second-order valence-electron chi connectivity index (χ2n) is 1.11. The molecule has 0 unspecified atom stereocenters. The molecule has 5 nitrogen and oxygen atoms in total. The third-order valence-corrected chi connectivity index (χ3v) is 0. The first-order valence-corrected chi connectivity index (χ1v) is 5.69. The van der Waals surface area contributed by atoms with Crippen molar-refractivity contribution < 1.29 is 14.8 Å². The molecule has 10 N–H and O–H groups in total. The second kappa shape index (κ2) is 1.91. The molecule has 0 saturated heterocycles. The fraction of sp³-hybridized carbons (Fsp3) is 0. The zero-order chi connectivity index (χ0) is 5.45. The van der Waals surface area contributed by atoms with Gasteiger partial charge >= 0.3 is 37.2 Å². The molecule has 0 spiro atoms. The summed E-state index contributed by atoms with van der Waals surface area (Å²) < 4.78 is 24.4. The molecule has 0 aliphatic rings. The van der Waals surface area contributed by atoms with Gasteiger partial charge in [-0.1, -0.05) is 0 Å². The minimum atomic E-state index is -3.90. The molecule has 0 aliphatic carbocycles. The van der Waals surface area contributed by atoms with Gasteiger partial charge in [-0.25, -0.2) is 0 Å². The number of rotatable bonds is 0. The van der Waals surface area contributed by atoms with E-state index in [4.69, 9.17) is 22.4 Å². The third-order valence-electron chi connectivity index (χ3n) is 0. The molecule has 0 amide bonds. The van der Waals surface area contributed by atoms with Crippen LogP contribution >= 0.6 is 12.4 Å². The number of hydrogen-bond acceptors (Lipinski definition) is 5. The van der Waals surface area contributed by atoms with Crippen LogP contribution in [0.15, 0.2) is 0 Å². The summed E-state index contributed by atoms with van der Waals surface area (Å²) in [5.74, 6) is 0. The van der Waals surface area contributed by atoms with Gasteiger partial charge in [0.25, 0.3) is 0 Å². The normalized spacial score (nSPS) is 16.4. The van der Waals surface area contributed by atoms with Gasteiger partial charge in [-0.2, -0.15) is 0 Å². The van der Waals surface area contributed by atoms with Crippen LogP contribution in [0.5, 0.6) is 0 Å². The van der Waals surface area contributed by atoms with E-state index in [1.807, 2.05) is 0 Å². The maximum atomic E-state index is 4.88. The molecule has 0 aliphatic heterocycles. The van der Waals surface area contributed by atoms with Crippen molar-refractivity contribution in [1.29, 1.82) is 0 Å². The van der Waals surface area contributed by atoms with E-state index in [1.54, 1.807) is 0 Å². The topological polar surface area (TPSA) is 130 Å². The van der Waals surface area contributed by atoms with Gasteiger partial charge in [0.15, 0.2) is 0 Å². The second-order valence-corrected chi connectivity index (χ2v) is 6.57. The molecule has 0 aromatic heterocycles. The summed E-state index contributed by atoms with van der Waals surface area (Å²) in [4.78, 5) is 0. The van der Waals surface area contributed by atoms with Crippen molar-refractivity contribution in [1.82, 2.24) is 0 Å². The minimum absolute atomic E-state index is 0. The van der Waals surface area contributed by atoms with Crippen LogP contribution in [0.25, 0.3) is 0 Å². The molecule has 0 fully saturated rings. The van der Waals surface area contributed by atoms with E-state index >= 15 is 0 Å². The molecule has 0 aromatic carbocycles. The Morgan fingerprint density at radius 3 is 0.714 bits per heavy atom. The summed E-state index contributed by atoms with van der Waals surface area (Å²) in [5.41, 5.74) is 0. The van der Waals surface area contributed by atoms with Crippen molar-refractivity contribution in [3.63, 3.8) is 0 Å². The van der Waals surface area contributed by atoms with Gasteiger partial charge in [0, 0.05) is 0 Å².